The van der Waals surface area contributed by atoms with Crippen molar-refractivity contribution >= 4 is 6.16 Å². The smallest absolute Gasteiger partial charge is 0.405 e. The Morgan fingerprint density at radius 3 is 1.61 bits per heavy atom. The van der Waals surface area contributed by atoms with Crippen LogP contribution in [0.4, 0.5) is 4.79 Å². The van der Waals surface area contributed by atoms with E-state index in [2.05, 4.69) is 13.8 Å². The molecule has 0 radical (unpaired) electrons. The largest absolute Gasteiger partial charge is 0.512 e. The van der Waals surface area contributed by atoms with Crippen LogP contribution < -0.4 is 0 Å². The fourth-order valence-corrected chi connectivity index (χ4v) is 1.15. The predicted octanol–water partition coefficient (Wildman–Crippen LogP) is 3.47. The third-order valence-electron chi connectivity index (χ3n) is 2.23. The Balaban J connectivity index is 3.61. The first-order chi connectivity index (χ1) is 8.60. The van der Waals surface area contributed by atoms with Gasteiger partial charge in [-0.25, -0.2) is 4.79 Å². The zero-order chi connectivity index (χ0) is 13.8. The van der Waals surface area contributed by atoms with Gasteiger partial charge in [0.05, 0.1) is 13.2 Å². The topological polar surface area (TPSA) is 54.0 Å². The van der Waals surface area contributed by atoms with Gasteiger partial charge in [-0.1, -0.05) is 26.7 Å². The molecule has 0 aliphatic heterocycles. The fourth-order valence-electron chi connectivity index (χ4n) is 1.15. The molecule has 5 nitrogen and oxygen atoms in total. The first kappa shape index (κ1) is 17.2. The van der Waals surface area contributed by atoms with Crippen molar-refractivity contribution in [1.82, 2.24) is 0 Å². The first-order valence-electron chi connectivity index (χ1n) is 6.70. The average Bonchev–Trinajstić information content (AvgIpc) is 2.29. The molecular weight excluding hydrogens is 236 g/mol. The Kier molecular flexibility index (Phi) is 10.8. The SMILES string of the molecule is CCCCOC(C)OC(=O)OC(C)OCCCC. The van der Waals surface area contributed by atoms with Crippen molar-refractivity contribution in [3.05, 3.63) is 0 Å². The molecular formula is C13H26O5. The Labute approximate surface area is 110 Å². The van der Waals surface area contributed by atoms with Gasteiger partial charge >= 0.3 is 6.16 Å². The van der Waals surface area contributed by atoms with Crippen LogP contribution in [0.15, 0.2) is 0 Å². The summed E-state index contributed by atoms with van der Waals surface area (Å²) < 4.78 is 20.4. The van der Waals surface area contributed by atoms with E-state index in [1.54, 1.807) is 13.8 Å². The van der Waals surface area contributed by atoms with E-state index in [1.165, 1.54) is 0 Å². The lowest BCUT2D eigenvalue weighted by molar-refractivity contribution is -0.151. The van der Waals surface area contributed by atoms with Gasteiger partial charge in [0.2, 0.25) is 12.6 Å². The third kappa shape index (κ3) is 10.4. The van der Waals surface area contributed by atoms with Crippen LogP contribution in [0.2, 0.25) is 0 Å². The second-order valence-electron chi connectivity index (χ2n) is 4.07. The number of carbonyl (C=O) groups is 1. The molecule has 0 spiro atoms. The summed E-state index contributed by atoms with van der Waals surface area (Å²) in [6, 6.07) is 0. The molecule has 0 heterocycles. The lowest BCUT2D eigenvalue weighted by Gasteiger charge is -2.17. The lowest BCUT2D eigenvalue weighted by atomic mass is 10.4. The Bertz CT molecular complexity index is 188. The summed E-state index contributed by atoms with van der Waals surface area (Å²) >= 11 is 0. The van der Waals surface area contributed by atoms with Crippen molar-refractivity contribution in [1.29, 1.82) is 0 Å². The molecule has 0 aliphatic rings. The molecule has 0 aliphatic carbocycles. The molecule has 0 amide bonds. The van der Waals surface area contributed by atoms with Gasteiger partial charge < -0.3 is 18.9 Å². The minimum atomic E-state index is -0.761. The molecule has 0 N–H and O–H groups in total. The number of rotatable bonds is 10. The molecule has 0 saturated carbocycles. The van der Waals surface area contributed by atoms with E-state index in [0.717, 1.165) is 25.7 Å². The molecule has 2 unspecified atom stereocenters. The van der Waals surface area contributed by atoms with Crippen molar-refractivity contribution < 1.29 is 23.7 Å². The highest BCUT2D eigenvalue weighted by Crippen LogP contribution is 2.03. The van der Waals surface area contributed by atoms with E-state index in [0.29, 0.717) is 13.2 Å². The van der Waals surface area contributed by atoms with E-state index < -0.39 is 18.7 Å². The molecule has 0 saturated heterocycles. The van der Waals surface area contributed by atoms with Crippen molar-refractivity contribution in [2.24, 2.45) is 0 Å². The first-order valence-corrected chi connectivity index (χ1v) is 6.70. The van der Waals surface area contributed by atoms with Crippen LogP contribution in [0.5, 0.6) is 0 Å². The van der Waals surface area contributed by atoms with Crippen LogP contribution in [0.25, 0.3) is 0 Å². The molecule has 0 aromatic carbocycles. The highest BCUT2D eigenvalue weighted by atomic mass is 16.8. The van der Waals surface area contributed by atoms with Gasteiger partial charge in [-0.2, -0.15) is 0 Å². The monoisotopic (exact) mass is 262 g/mol. The van der Waals surface area contributed by atoms with Crippen LogP contribution in [0.3, 0.4) is 0 Å². The van der Waals surface area contributed by atoms with Crippen molar-refractivity contribution in [2.45, 2.75) is 66.0 Å². The molecule has 108 valence electrons. The average molecular weight is 262 g/mol. The quantitative estimate of drug-likeness (QED) is 0.343. The van der Waals surface area contributed by atoms with Crippen LogP contribution in [0.1, 0.15) is 53.4 Å². The maximum absolute atomic E-state index is 11.3. The van der Waals surface area contributed by atoms with Gasteiger partial charge in [-0.05, 0) is 26.7 Å². The summed E-state index contributed by atoms with van der Waals surface area (Å²) in [4.78, 5) is 11.3. The lowest BCUT2D eigenvalue weighted by Crippen LogP contribution is -2.24. The Morgan fingerprint density at radius 1 is 0.889 bits per heavy atom. The van der Waals surface area contributed by atoms with Gasteiger partial charge in [-0.3, -0.25) is 0 Å². The maximum atomic E-state index is 11.3. The third-order valence-corrected chi connectivity index (χ3v) is 2.23. The number of hydrogen-bond acceptors (Lipinski definition) is 5. The van der Waals surface area contributed by atoms with Gasteiger partial charge in [0.1, 0.15) is 0 Å². The van der Waals surface area contributed by atoms with E-state index in [1.807, 2.05) is 0 Å². The summed E-state index contributed by atoms with van der Waals surface area (Å²) in [6.07, 6.45) is 2.03. The molecule has 0 bridgehead atoms. The Hall–Kier alpha value is -0.810. The van der Waals surface area contributed by atoms with Gasteiger partial charge in [0.15, 0.2) is 0 Å². The molecule has 0 aromatic heterocycles. The van der Waals surface area contributed by atoms with Gasteiger partial charge in [0, 0.05) is 0 Å². The molecule has 0 aromatic rings. The number of carbonyl (C=O) groups excluding carboxylic acids is 1. The predicted molar refractivity (Wildman–Crippen MR) is 68.2 cm³/mol. The van der Waals surface area contributed by atoms with E-state index in [9.17, 15) is 4.79 Å². The second kappa shape index (κ2) is 11.3. The Morgan fingerprint density at radius 2 is 1.28 bits per heavy atom. The normalized spacial score (nSPS) is 14.0. The van der Waals surface area contributed by atoms with Crippen LogP contribution in [0, 0.1) is 0 Å². The van der Waals surface area contributed by atoms with Crippen molar-refractivity contribution in [3.8, 4) is 0 Å². The molecule has 2 atom stereocenters. The van der Waals surface area contributed by atoms with Gasteiger partial charge in [0.25, 0.3) is 0 Å². The molecule has 0 fully saturated rings. The van der Waals surface area contributed by atoms with Gasteiger partial charge in [-0.15, -0.1) is 0 Å². The molecule has 0 rings (SSSR count). The summed E-state index contributed by atoms with van der Waals surface area (Å²) in [6.45, 7) is 8.62. The second-order valence-corrected chi connectivity index (χ2v) is 4.07. The van der Waals surface area contributed by atoms with Crippen molar-refractivity contribution in [2.75, 3.05) is 13.2 Å². The zero-order valence-corrected chi connectivity index (χ0v) is 11.9. The standard InChI is InChI=1S/C13H26O5/c1-5-7-9-15-11(3)17-13(14)18-12(4)16-10-8-6-2/h11-12H,5-10H2,1-4H3. The highest BCUT2D eigenvalue weighted by molar-refractivity contribution is 5.60. The minimum Gasteiger partial charge on any atom is -0.405 e. The highest BCUT2D eigenvalue weighted by Gasteiger charge is 2.14. The number of hydrogen-bond donors (Lipinski definition) is 0. The maximum Gasteiger partial charge on any atom is 0.512 e. The van der Waals surface area contributed by atoms with Crippen LogP contribution in [-0.4, -0.2) is 31.9 Å². The molecule has 18 heavy (non-hydrogen) atoms. The molecule has 5 heteroatoms. The van der Waals surface area contributed by atoms with Crippen LogP contribution >= 0.6 is 0 Å². The van der Waals surface area contributed by atoms with E-state index >= 15 is 0 Å². The number of unbranched alkanes of at least 4 members (excludes halogenated alkanes) is 2. The van der Waals surface area contributed by atoms with E-state index in [-0.39, 0.29) is 0 Å². The minimum absolute atomic E-state index is 0.577. The van der Waals surface area contributed by atoms with Crippen molar-refractivity contribution in [3.63, 3.8) is 0 Å². The summed E-state index contributed by atoms with van der Waals surface area (Å²) in [5.41, 5.74) is 0. The van der Waals surface area contributed by atoms with Crippen LogP contribution in [-0.2, 0) is 18.9 Å². The fraction of sp³-hybridized carbons (Fsp3) is 0.923. The van der Waals surface area contributed by atoms with E-state index in [4.69, 9.17) is 18.9 Å². The summed E-state index contributed by atoms with van der Waals surface area (Å²) in [5, 5.41) is 0. The summed E-state index contributed by atoms with van der Waals surface area (Å²) in [7, 11) is 0. The zero-order valence-electron chi connectivity index (χ0n) is 11.9. The summed E-state index contributed by atoms with van der Waals surface area (Å²) in [5.74, 6) is 0. The number of ether oxygens (including phenoxy) is 4.